The molecule has 1 atom stereocenters. The molecule has 3 heteroatoms. The van der Waals surface area contributed by atoms with Crippen molar-refractivity contribution in [3.05, 3.63) is 47.5 Å². The summed E-state index contributed by atoms with van der Waals surface area (Å²) in [6, 6.07) is 12.2. The first-order valence-electron chi connectivity index (χ1n) is 7.19. The minimum atomic E-state index is -0.600. The van der Waals surface area contributed by atoms with Gasteiger partial charge in [0.15, 0.2) is 0 Å². The number of methoxy groups -OCH3 is 1. The van der Waals surface area contributed by atoms with Crippen LogP contribution >= 0.6 is 0 Å². The van der Waals surface area contributed by atoms with E-state index in [0.717, 1.165) is 16.5 Å². The van der Waals surface area contributed by atoms with Crippen LogP contribution in [0.15, 0.2) is 36.4 Å². The largest absolute Gasteiger partial charge is 0.469 e. The van der Waals surface area contributed by atoms with Gasteiger partial charge in [0, 0.05) is 6.04 Å². The normalized spacial score (nSPS) is 13.2. The Labute approximate surface area is 126 Å². The van der Waals surface area contributed by atoms with Crippen LogP contribution in [0.25, 0.3) is 10.8 Å². The lowest BCUT2D eigenvalue weighted by Crippen LogP contribution is -2.30. The van der Waals surface area contributed by atoms with Gasteiger partial charge in [-0.2, -0.15) is 0 Å². The van der Waals surface area contributed by atoms with Gasteiger partial charge in [0.2, 0.25) is 0 Å². The van der Waals surface area contributed by atoms with E-state index in [1.807, 2.05) is 26.0 Å². The summed E-state index contributed by atoms with van der Waals surface area (Å²) in [5.41, 5.74) is 8.10. The first kappa shape index (κ1) is 15.5. The zero-order chi connectivity index (χ0) is 15.6. The molecule has 0 spiro atoms. The molecular formula is C18H23NO2. The van der Waals surface area contributed by atoms with E-state index in [0.29, 0.717) is 6.42 Å². The molecule has 1 unspecified atom stereocenters. The molecule has 2 aromatic rings. The van der Waals surface area contributed by atoms with E-state index in [1.54, 1.807) is 0 Å². The monoisotopic (exact) mass is 285 g/mol. The lowest BCUT2D eigenvalue weighted by atomic mass is 9.81. The highest BCUT2D eigenvalue weighted by atomic mass is 16.5. The Balaban J connectivity index is 2.42. The van der Waals surface area contributed by atoms with Gasteiger partial charge in [-0.1, -0.05) is 36.4 Å². The number of fused-ring (bicyclic) bond motifs is 1. The Bertz CT molecular complexity index is 661. The molecule has 0 amide bonds. The van der Waals surface area contributed by atoms with Gasteiger partial charge in [0.1, 0.15) is 0 Å². The molecule has 0 heterocycles. The maximum Gasteiger partial charge on any atom is 0.311 e. The molecule has 2 aromatic carbocycles. The second kappa shape index (κ2) is 5.86. The second-order valence-corrected chi connectivity index (χ2v) is 6.20. The Morgan fingerprint density at radius 2 is 1.90 bits per heavy atom. The molecule has 2 rings (SSSR count). The Morgan fingerprint density at radius 3 is 2.57 bits per heavy atom. The molecule has 0 aliphatic heterocycles. The molecule has 0 aromatic heterocycles. The van der Waals surface area contributed by atoms with E-state index in [4.69, 9.17) is 10.5 Å². The molecular weight excluding hydrogens is 262 g/mol. The molecule has 0 aliphatic carbocycles. The van der Waals surface area contributed by atoms with Gasteiger partial charge in [-0.25, -0.2) is 0 Å². The summed E-state index contributed by atoms with van der Waals surface area (Å²) in [6.45, 7) is 5.81. The van der Waals surface area contributed by atoms with Gasteiger partial charge < -0.3 is 10.5 Å². The van der Waals surface area contributed by atoms with Crippen molar-refractivity contribution in [1.82, 2.24) is 0 Å². The average Bonchev–Trinajstić information content (AvgIpc) is 2.45. The molecule has 112 valence electrons. The van der Waals surface area contributed by atoms with Crippen LogP contribution in [0.4, 0.5) is 0 Å². The smallest absolute Gasteiger partial charge is 0.311 e. The van der Waals surface area contributed by atoms with Crippen LogP contribution in [0.1, 0.15) is 37.4 Å². The van der Waals surface area contributed by atoms with Crippen molar-refractivity contribution in [2.24, 2.45) is 11.1 Å². The fourth-order valence-corrected chi connectivity index (χ4v) is 2.91. The number of nitrogens with two attached hydrogens (primary N) is 1. The molecule has 0 radical (unpaired) electrons. The SMILES string of the molecule is COC(=O)C(C)(C)CC(N)c1c(C)ccc2ccccc12. The van der Waals surface area contributed by atoms with Gasteiger partial charge >= 0.3 is 5.97 Å². The standard InChI is InChI=1S/C18H23NO2/c1-12-9-10-13-7-5-6-8-14(13)16(12)15(19)11-18(2,3)17(20)21-4/h5-10,15H,11,19H2,1-4H3. The first-order valence-corrected chi connectivity index (χ1v) is 7.19. The van der Waals surface area contributed by atoms with Crippen LogP contribution in [0.3, 0.4) is 0 Å². The minimum absolute atomic E-state index is 0.204. The van der Waals surface area contributed by atoms with Crippen molar-refractivity contribution in [2.75, 3.05) is 7.11 Å². The summed E-state index contributed by atoms with van der Waals surface area (Å²) in [6.07, 6.45) is 0.550. The average molecular weight is 285 g/mol. The summed E-state index contributed by atoms with van der Waals surface area (Å²) in [7, 11) is 1.42. The summed E-state index contributed by atoms with van der Waals surface area (Å²) < 4.78 is 4.87. The van der Waals surface area contributed by atoms with E-state index in [9.17, 15) is 4.79 Å². The molecule has 0 aliphatic rings. The fraction of sp³-hybridized carbons (Fsp3) is 0.389. The van der Waals surface area contributed by atoms with Crippen molar-refractivity contribution in [3.63, 3.8) is 0 Å². The van der Waals surface area contributed by atoms with E-state index >= 15 is 0 Å². The van der Waals surface area contributed by atoms with E-state index < -0.39 is 5.41 Å². The third kappa shape index (κ3) is 3.08. The number of benzene rings is 2. The third-order valence-electron chi connectivity index (χ3n) is 4.03. The van der Waals surface area contributed by atoms with Gasteiger partial charge in [-0.15, -0.1) is 0 Å². The Hall–Kier alpha value is -1.87. The number of esters is 1. The van der Waals surface area contributed by atoms with E-state index in [1.165, 1.54) is 12.5 Å². The maximum absolute atomic E-state index is 11.9. The summed E-state index contributed by atoms with van der Waals surface area (Å²) in [4.78, 5) is 11.9. The first-order chi connectivity index (χ1) is 9.86. The predicted octanol–water partition coefficient (Wildman–Crippen LogP) is 3.74. The second-order valence-electron chi connectivity index (χ2n) is 6.20. The van der Waals surface area contributed by atoms with E-state index in [2.05, 4.69) is 31.2 Å². The summed E-state index contributed by atoms with van der Waals surface area (Å²) in [5, 5.41) is 2.33. The molecule has 0 bridgehead atoms. The highest BCUT2D eigenvalue weighted by Gasteiger charge is 2.32. The predicted molar refractivity (Wildman–Crippen MR) is 86.0 cm³/mol. The van der Waals surface area contributed by atoms with Crippen molar-refractivity contribution in [1.29, 1.82) is 0 Å². The highest BCUT2D eigenvalue weighted by molar-refractivity contribution is 5.87. The van der Waals surface area contributed by atoms with Crippen LogP contribution in [0, 0.1) is 12.3 Å². The van der Waals surface area contributed by atoms with E-state index in [-0.39, 0.29) is 12.0 Å². The maximum atomic E-state index is 11.9. The van der Waals surface area contributed by atoms with Gasteiger partial charge in [-0.3, -0.25) is 4.79 Å². The zero-order valence-corrected chi connectivity index (χ0v) is 13.1. The quantitative estimate of drug-likeness (QED) is 0.871. The zero-order valence-electron chi connectivity index (χ0n) is 13.1. The Kier molecular flexibility index (Phi) is 4.33. The number of ether oxygens (including phenoxy) is 1. The molecule has 0 saturated carbocycles. The van der Waals surface area contributed by atoms with Crippen LogP contribution in [0.5, 0.6) is 0 Å². The third-order valence-corrected chi connectivity index (χ3v) is 4.03. The lowest BCUT2D eigenvalue weighted by molar-refractivity contribution is -0.151. The molecule has 2 N–H and O–H groups in total. The van der Waals surface area contributed by atoms with Crippen LogP contribution < -0.4 is 5.73 Å². The highest BCUT2D eigenvalue weighted by Crippen LogP contribution is 2.34. The Morgan fingerprint density at radius 1 is 1.24 bits per heavy atom. The fourth-order valence-electron chi connectivity index (χ4n) is 2.91. The van der Waals surface area contributed by atoms with Gasteiger partial charge in [-0.05, 0) is 49.1 Å². The van der Waals surface area contributed by atoms with Gasteiger partial charge in [0.05, 0.1) is 12.5 Å². The molecule has 21 heavy (non-hydrogen) atoms. The lowest BCUT2D eigenvalue weighted by Gasteiger charge is -2.27. The number of hydrogen-bond donors (Lipinski definition) is 1. The van der Waals surface area contributed by atoms with Crippen molar-refractivity contribution < 1.29 is 9.53 Å². The van der Waals surface area contributed by atoms with Crippen molar-refractivity contribution in [2.45, 2.75) is 33.2 Å². The summed E-state index contributed by atoms with van der Waals surface area (Å²) >= 11 is 0. The number of hydrogen-bond acceptors (Lipinski definition) is 3. The van der Waals surface area contributed by atoms with Crippen LogP contribution in [-0.2, 0) is 9.53 Å². The molecule has 3 nitrogen and oxygen atoms in total. The molecule has 0 saturated heterocycles. The van der Waals surface area contributed by atoms with Crippen LogP contribution in [-0.4, -0.2) is 13.1 Å². The molecule has 0 fully saturated rings. The minimum Gasteiger partial charge on any atom is -0.469 e. The number of aryl methyl sites for hydroxylation is 1. The van der Waals surface area contributed by atoms with Crippen molar-refractivity contribution >= 4 is 16.7 Å². The topological polar surface area (TPSA) is 52.3 Å². The number of carbonyl (C=O) groups is 1. The summed E-state index contributed by atoms with van der Waals surface area (Å²) in [5.74, 6) is -0.226. The van der Waals surface area contributed by atoms with Gasteiger partial charge in [0.25, 0.3) is 0 Å². The van der Waals surface area contributed by atoms with Crippen molar-refractivity contribution in [3.8, 4) is 0 Å². The number of rotatable bonds is 4. The number of carbonyl (C=O) groups excluding carboxylic acids is 1. The van der Waals surface area contributed by atoms with Crippen LogP contribution in [0.2, 0.25) is 0 Å².